The molecule has 0 N–H and O–H groups in total. The minimum atomic E-state index is 0.143. The molecule has 0 spiro atoms. The monoisotopic (exact) mass is 326 g/mol. The summed E-state index contributed by atoms with van der Waals surface area (Å²) in [4.78, 5) is 12.4. The Morgan fingerprint density at radius 2 is 2.05 bits per heavy atom. The van der Waals surface area contributed by atoms with E-state index in [-0.39, 0.29) is 11.7 Å². The normalized spacial score (nSPS) is 12.2. The number of halogens is 1. The summed E-state index contributed by atoms with van der Waals surface area (Å²) >= 11 is 3.46. The molecular weight excluding hydrogens is 304 g/mol. The Bertz CT molecular complexity index is 415. The first-order valence-electron chi connectivity index (χ1n) is 7.10. The molecule has 1 unspecified atom stereocenters. The molecule has 0 bridgehead atoms. The van der Waals surface area contributed by atoms with Crippen molar-refractivity contribution in [1.82, 2.24) is 0 Å². The van der Waals surface area contributed by atoms with E-state index in [2.05, 4.69) is 29.8 Å². The van der Waals surface area contributed by atoms with E-state index in [0.29, 0.717) is 6.61 Å². The van der Waals surface area contributed by atoms with Crippen molar-refractivity contribution < 1.29 is 9.53 Å². The van der Waals surface area contributed by atoms with E-state index in [1.807, 2.05) is 25.1 Å². The molecule has 0 aliphatic rings. The average molecular weight is 327 g/mol. The molecule has 0 aliphatic heterocycles. The van der Waals surface area contributed by atoms with Crippen LogP contribution in [0.1, 0.15) is 56.8 Å². The van der Waals surface area contributed by atoms with Crippen LogP contribution in [0.2, 0.25) is 0 Å². The van der Waals surface area contributed by atoms with Crippen LogP contribution in [-0.2, 0) is 0 Å². The Morgan fingerprint density at radius 3 is 2.58 bits per heavy atom. The first kappa shape index (κ1) is 16.2. The van der Waals surface area contributed by atoms with Gasteiger partial charge in [0.05, 0.1) is 11.1 Å². The molecule has 1 aromatic rings. The number of ketones is 1. The first-order chi connectivity index (χ1) is 9.13. The first-order valence-corrected chi connectivity index (χ1v) is 7.89. The van der Waals surface area contributed by atoms with Gasteiger partial charge >= 0.3 is 0 Å². The van der Waals surface area contributed by atoms with Crippen molar-refractivity contribution in [3.63, 3.8) is 0 Å². The van der Waals surface area contributed by atoms with Crippen LogP contribution in [0.3, 0.4) is 0 Å². The lowest BCUT2D eigenvalue weighted by Crippen LogP contribution is -2.14. The van der Waals surface area contributed by atoms with Gasteiger partial charge in [0.2, 0.25) is 0 Å². The molecule has 19 heavy (non-hydrogen) atoms. The summed E-state index contributed by atoms with van der Waals surface area (Å²) < 4.78 is 6.32. The molecule has 0 saturated carbocycles. The maximum atomic E-state index is 12.4. The minimum Gasteiger partial charge on any atom is -0.493 e. The Hall–Kier alpha value is -0.830. The molecule has 0 fully saturated rings. The van der Waals surface area contributed by atoms with Crippen molar-refractivity contribution in [2.45, 2.75) is 46.5 Å². The summed E-state index contributed by atoms with van der Waals surface area (Å²) in [6.07, 6.45) is 4.14. The van der Waals surface area contributed by atoms with Crippen LogP contribution >= 0.6 is 15.9 Å². The van der Waals surface area contributed by atoms with Crippen LogP contribution in [0.15, 0.2) is 22.7 Å². The van der Waals surface area contributed by atoms with Crippen molar-refractivity contribution in [3.05, 3.63) is 28.2 Å². The van der Waals surface area contributed by atoms with Gasteiger partial charge in [-0.1, -0.05) is 26.7 Å². The summed E-state index contributed by atoms with van der Waals surface area (Å²) in [6, 6.07) is 5.61. The van der Waals surface area contributed by atoms with Gasteiger partial charge < -0.3 is 4.74 Å². The SMILES string of the molecule is CCCCC(CC)C(=O)c1ccc(OCC)c(Br)c1. The third kappa shape index (κ3) is 4.64. The standard InChI is InChI=1S/C16H23BrO2/c1-4-7-8-12(5-2)16(18)13-9-10-15(19-6-3)14(17)11-13/h9-12H,4-8H2,1-3H3. The molecule has 1 atom stereocenters. The highest BCUT2D eigenvalue weighted by atomic mass is 79.9. The van der Waals surface area contributed by atoms with Crippen LogP contribution < -0.4 is 4.74 Å². The van der Waals surface area contributed by atoms with Crippen molar-refractivity contribution in [1.29, 1.82) is 0 Å². The van der Waals surface area contributed by atoms with Gasteiger partial charge in [-0.3, -0.25) is 4.79 Å². The molecule has 0 saturated heterocycles. The van der Waals surface area contributed by atoms with E-state index in [1.54, 1.807) is 0 Å². The van der Waals surface area contributed by atoms with Gasteiger partial charge in [-0.15, -0.1) is 0 Å². The van der Waals surface area contributed by atoms with Crippen LogP contribution in [0.25, 0.3) is 0 Å². The summed E-state index contributed by atoms with van der Waals surface area (Å²) in [6.45, 7) is 6.82. The second-order valence-electron chi connectivity index (χ2n) is 4.69. The van der Waals surface area contributed by atoms with E-state index in [4.69, 9.17) is 4.74 Å². The van der Waals surface area contributed by atoms with Gasteiger partial charge in [0.25, 0.3) is 0 Å². The second kappa shape index (κ2) is 8.36. The van der Waals surface area contributed by atoms with Gasteiger partial charge in [0.1, 0.15) is 5.75 Å². The Kier molecular flexibility index (Phi) is 7.14. The van der Waals surface area contributed by atoms with Gasteiger partial charge in [-0.05, 0) is 53.9 Å². The molecule has 1 rings (SSSR count). The third-order valence-corrected chi connectivity index (χ3v) is 3.91. The number of rotatable bonds is 8. The number of ether oxygens (including phenoxy) is 1. The van der Waals surface area contributed by atoms with E-state index in [9.17, 15) is 4.79 Å². The van der Waals surface area contributed by atoms with Crippen molar-refractivity contribution in [3.8, 4) is 5.75 Å². The highest BCUT2D eigenvalue weighted by molar-refractivity contribution is 9.10. The van der Waals surface area contributed by atoms with Crippen LogP contribution in [-0.4, -0.2) is 12.4 Å². The Labute approximate surface area is 124 Å². The summed E-state index contributed by atoms with van der Waals surface area (Å²) in [5.41, 5.74) is 0.776. The minimum absolute atomic E-state index is 0.143. The predicted molar refractivity (Wildman–Crippen MR) is 82.9 cm³/mol. The number of hydrogen-bond acceptors (Lipinski definition) is 2. The second-order valence-corrected chi connectivity index (χ2v) is 5.54. The maximum Gasteiger partial charge on any atom is 0.165 e. The molecular formula is C16H23BrO2. The Balaban J connectivity index is 2.83. The van der Waals surface area contributed by atoms with E-state index < -0.39 is 0 Å². The van der Waals surface area contributed by atoms with Crippen LogP contribution in [0, 0.1) is 5.92 Å². The zero-order valence-corrected chi connectivity index (χ0v) is 13.6. The fourth-order valence-corrected chi connectivity index (χ4v) is 2.63. The molecule has 106 valence electrons. The van der Waals surface area contributed by atoms with Crippen LogP contribution in [0.5, 0.6) is 5.75 Å². The van der Waals surface area contributed by atoms with Gasteiger partial charge in [-0.2, -0.15) is 0 Å². The zero-order valence-electron chi connectivity index (χ0n) is 12.0. The molecule has 0 aliphatic carbocycles. The number of carbonyl (C=O) groups is 1. The van der Waals surface area contributed by atoms with Crippen LogP contribution in [0.4, 0.5) is 0 Å². The number of Topliss-reactive ketones (excluding diaryl/α,β-unsaturated/α-hetero) is 1. The molecule has 0 aromatic heterocycles. The number of benzene rings is 1. The predicted octanol–water partition coefficient (Wildman–Crippen LogP) is 5.25. The maximum absolute atomic E-state index is 12.4. The van der Waals surface area contributed by atoms with E-state index in [0.717, 1.165) is 41.5 Å². The molecule has 1 aromatic carbocycles. The fraction of sp³-hybridized carbons (Fsp3) is 0.562. The topological polar surface area (TPSA) is 26.3 Å². The molecule has 3 heteroatoms. The largest absolute Gasteiger partial charge is 0.493 e. The summed E-state index contributed by atoms with van der Waals surface area (Å²) in [5.74, 6) is 1.19. The molecule has 0 amide bonds. The Morgan fingerprint density at radius 1 is 1.32 bits per heavy atom. The van der Waals surface area contributed by atoms with Crippen molar-refractivity contribution in [2.75, 3.05) is 6.61 Å². The summed E-state index contributed by atoms with van der Waals surface area (Å²) in [7, 11) is 0. The van der Waals surface area contributed by atoms with Crippen molar-refractivity contribution in [2.24, 2.45) is 5.92 Å². The summed E-state index contributed by atoms with van der Waals surface area (Å²) in [5, 5.41) is 0. The van der Waals surface area contributed by atoms with Gasteiger partial charge in [0, 0.05) is 11.5 Å². The third-order valence-electron chi connectivity index (χ3n) is 3.29. The number of unbranched alkanes of at least 4 members (excludes halogenated alkanes) is 1. The number of carbonyl (C=O) groups excluding carboxylic acids is 1. The lowest BCUT2D eigenvalue weighted by Gasteiger charge is -2.14. The van der Waals surface area contributed by atoms with E-state index >= 15 is 0 Å². The van der Waals surface area contributed by atoms with Crippen molar-refractivity contribution >= 4 is 21.7 Å². The zero-order chi connectivity index (χ0) is 14.3. The molecule has 0 heterocycles. The van der Waals surface area contributed by atoms with Gasteiger partial charge in [0.15, 0.2) is 5.78 Å². The lowest BCUT2D eigenvalue weighted by atomic mass is 9.90. The molecule has 2 nitrogen and oxygen atoms in total. The highest BCUT2D eigenvalue weighted by Crippen LogP contribution is 2.28. The van der Waals surface area contributed by atoms with E-state index in [1.165, 1.54) is 0 Å². The number of hydrogen-bond donors (Lipinski definition) is 0. The fourth-order valence-electron chi connectivity index (χ4n) is 2.13. The molecule has 0 radical (unpaired) electrons. The van der Waals surface area contributed by atoms with Gasteiger partial charge in [-0.25, -0.2) is 0 Å². The quantitative estimate of drug-likeness (QED) is 0.610. The average Bonchev–Trinajstić information content (AvgIpc) is 2.42. The lowest BCUT2D eigenvalue weighted by molar-refractivity contribution is 0.0908. The highest BCUT2D eigenvalue weighted by Gasteiger charge is 2.18. The smallest absolute Gasteiger partial charge is 0.165 e.